The molecule has 0 unspecified atom stereocenters. The van der Waals surface area contributed by atoms with Crippen molar-refractivity contribution in [3.8, 4) is 45.0 Å². The van der Waals surface area contributed by atoms with Gasteiger partial charge in [-0.1, -0.05) is 48.5 Å². The molecule has 6 rings (SSSR count). The number of hydrogen-bond acceptors (Lipinski definition) is 4. The van der Waals surface area contributed by atoms with E-state index in [2.05, 4.69) is 20.2 Å². The van der Waals surface area contributed by atoms with Gasteiger partial charge in [-0.3, -0.25) is 9.97 Å². The fourth-order valence-corrected chi connectivity index (χ4v) is 4.64. The number of halogens is 6. The number of aromatic nitrogens is 6. The van der Waals surface area contributed by atoms with Crippen LogP contribution in [0.2, 0.25) is 0 Å². The fourth-order valence-electron chi connectivity index (χ4n) is 4.64. The quantitative estimate of drug-likeness (QED) is 0.196. The second kappa shape index (κ2) is 10.3. The molecule has 0 amide bonds. The van der Waals surface area contributed by atoms with Gasteiger partial charge in [0.05, 0.1) is 22.8 Å². The SMILES string of the molecule is FC(F)(F)c1ccn(-c2ccccc2-c2cccnc2-c2ncccc2-c2ccccc2-n2ccc(C(F)(F)F)n2)n1. The highest BCUT2D eigenvalue weighted by Crippen LogP contribution is 2.39. The van der Waals surface area contributed by atoms with Gasteiger partial charge in [0.25, 0.3) is 0 Å². The predicted molar refractivity (Wildman–Crippen MR) is 143 cm³/mol. The number of hydrogen-bond donors (Lipinski definition) is 0. The van der Waals surface area contributed by atoms with Crippen molar-refractivity contribution in [3.63, 3.8) is 0 Å². The first-order valence-corrected chi connectivity index (χ1v) is 12.5. The minimum atomic E-state index is -4.61. The van der Waals surface area contributed by atoms with Crippen molar-refractivity contribution in [2.45, 2.75) is 12.4 Å². The molecule has 0 aliphatic rings. The van der Waals surface area contributed by atoms with E-state index in [1.165, 1.54) is 12.4 Å². The maximum atomic E-state index is 13.3. The van der Waals surface area contributed by atoms with Gasteiger partial charge in [0.15, 0.2) is 11.4 Å². The monoisotopic (exact) mass is 576 g/mol. The molecule has 0 saturated carbocycles. The van der Waals surface area contributed by atoms with Gasteiger partial charge in [0.2, 0.25) is 0 Å². The van der Waals surface area contributed by atoms with E-state index in [0.29, 0.717) is 45.0 Å². The first-order chi connectivity index (χ1) is 20.1. The van der Waals surface area contributed by atoms with E-state index in [-0.39, 0.29) is 0 Å². The maximum Gasteiger partial charge on any atom is 0.435 e. The van der Waals surface area contributed by atoms with Crippen molar-refractivity contribution in [1.82, 2.24) is 29.5 Å². The Morgan fingerprint density at radius 3 is 1.21 bits per heavy atom. The van der Waals surface area contributed by atoms with Crippen LogP contribution in [0.4, 0.5) is 26.3 Å². The molecular weight excluding hydrogens is 558 g/mol. The summed E-state index contributed by atoms with van der Waals surface area (Å²) in [5.41, 5.74) is 1.76. The van der Waals surface area contributed by atoms with Crippen LogP contribution in [0.3, 0.4) is 0 Å². The maximum absolute atomic E-state index is 13.3. The summed E-state index contributed by atoms with van der Waals surface area (Å²) >= 11 is 0. The Hall–Kier alpha value is -5.26. The standard InChI is InChI=1S/C30H18F6N6/c31-29(32,33)25-13-17-41(39-25)23-11-3-1-7-19(23)21-9-5-15-37-27(21)28-22(10-6-16-38-28)20-8-2-4-12-24(20)42-18-14-26(40-42)30(34,35)36/h1-18H. The van der Waals surface area contributed by atoms with Gasteiger partial charge in [0.1, 0.15) is 0 Å². The van der Waals surface area contributed by atoms with E-state index in [1.54, 1.807) is 85.2 Å². The van der Waals surface area contributed by atoms with Crippen LogP contribution in [-0.2, 0) is 12.4 Å². The summed E-state index contributed by atoms with van der Waals surface area (Å²) in [5.74, 6) is 0. The number of rotatable bonds is 5. The molecule has 0 bridgehead atoms. The Bertz CT molecular complexity index is 1750. The van der Waals surface area contributed by atoms with Crippen molar-refractivity contribution in [1.29, 1.82) is 0 Å². The van der Waals surface area contributed by atoms with E-state index < -0.39 is 23.7 Å². The van der Waals surface area contributed by atoms with Crippen LogP contribution in [0.5, 0.6) is 0 Å². The Labute approximate surface area is 234 Å². The fraction of sp³-hybridized carbons (Fsp3) is 0.0667. The highest BCUT2D eigenvalue weighted by atomic mass is 19.4. The topological polar surface area (TPSA) is 61.4 Å². The molecule has 4 heterocycles. The first-order valence-electron chi connectivity index (χ1n) is 12.5. The third-order valence-electron chi connectivity index (χ3n) is 6.48. The second-order valence-corrected chi connectivity index (χ2v) is 9.12. The molecule has 4 aromatic heterocycles. The first kappa shape index (κ1) is 26.9. The highest BCUT2D eigenvalue weighted by Gasteiger charge is 2.35. The molecule has 0 saturated heterocycles. The van der Waals surface area contributed by atoms with Crippen LogP contribution in [0.15, 0.2) is 110 Å². The lowest BCUT2D eigenvalue weighted by atomic mass is 9.95. The van der Waals surface area contributed by atoms with Crippen molar-refractivity contribution in [2.24, 2.45) is 0 Å². The van der Waals surface area contributed by atoms with Gasteiger partial charge in [0, 0.05) is 47.0 Å². The van der Waals surface area contributed by atoms with E-state index in [4.69, 9.17) is 0 Å². The molecule has 0 N–H and O–H groups in total. The molecule has 42 heavy (non-hydrogen) atoms. The van der Waals surface area contributed by atoms with Crippen molar-refractivity contribution >= 4 is 0 Å². The predicted octanol–water partition coefficient (Wildman–Crippen LogP) is 7.89. The molecule has 0 aliphatic heterocycles. The Kier molecular flexibility index (Phi) is 6.60. The van der Waals surface area contributed by atoms with Crippen LogP contribution in [0, 0.1) is 0 Å². The molecule has 12 heteroatoms. The van der Waals surface area contributed by atoms with Gasteiger partial charge in [-0.05, 0) is 36.4 Å². The average molecular weight is 577 g/mol. The molecule has 0 radical (unpaired) electrons. The van der Waals surface area contributed by atoms with Gasteiger partial charge in [-0.25, -0.2) is 9.36 Å². The molecule has 0 atom stereocenters. The van der Waals surface area contributed by atoms with Gasteiger partial charge < -0.3 is 0 Å². The van der Waals surface area contributed by atoms with Gasteiger partial charge in [-0.15, -0.1) is 0 Å². The summed E-state index contributed by atoms with van der Waals surface area (Å²) in [6.45, 7) is 0. The van der Waals surface area contributed by atoms with E-state index in [1.807, 2.05) is 0 Å². The zero-order valence-corrected chi connectivity index (χ0v) is 21.3. The van der Waals surface area contributed by atoms with Crippen molar-refractivity contribution in [2.75, 3.05) is 0 Å². The summed E-state index contributed by atoms with van der Waals surface area (Å²) in [6.07, 6.45) is -3.62. The average Bonchev–Trinajstić information content (AvgIpc) is 3.68. The lowest BCUT2D eigenvalue weighted by Crippen LogP contribution is -2.08. The highest BCUT2D eigenvalue weighted by molar-refractivity contribution is 5.91. The normalized spacial score (nSPS) is 12.0. The zero-order valence-electron chi connectivity index (χ0n) is 21.3. The minimum Gasteiger partial charge on any atom is -0.254 e. The summed E-state index contributed by atoms with van der Waals surface area (Å²) in [5, 5.41) is 7.47. The summed E-state index contributed by atoms with van der Waals surface area (Å²) in [7, 11) is 0. The van der Waals surface area contributed by atoms with E-state index >= 15 is 0 Å². The molecule has 0 spiro atoms. The van der Waals surface area contributed by atoms with Gasteiger partial charge >= 0.3 is 12.4 Å². The van der Waals surface area contributed by atoms with Gasteiger partial charge in [-0.2, -0.15) is 36.5 Å². The number of alkyl halides is 6. The smallest absolute Gasteiger partial charge is 0.254 e. The molecule has 6 aromatic rings. The number of pyridine rings is 2. The number of nitrogens with zero attached hydrogens (tertiary/aromatic N) is 6. The minimum absolute atomic E-state index is 0.386. The van der Waals surface area contributed by atoms with Crippen LogP contribution in [0.1, 0.15) is 11.4 Å². The molecule has 0 aliphatic carbocycles. The second-order valence-electron chi connectivity index (χ2n) is 9.12. The summed E-state index contributed by atoms with van der Waals surface area (Å²) < 4.78 is 82.0. The van der Waals surface area contributed by atoms with E-state index in [9.17, 15) is 26.3 Å². The van der Waals surface area contributed by atoms with Crippen LogP contribution in [-0.4, -0.2) is 29.5 Å². The Morgan fingerprint density at radius 2 is 0.833 bits per heavy atom. The van der Waals surface area contributed by atoms with Crippen LogP contribution < -0.4 is 0 Å². The third kappa shape index (κ3) is 5.02. The van der Waals surface area contributed by atoms with Crippen LogP contribution in [0.25, 0.3) is 45.0 Å². The third-order valence-corrected chi connectivity index (χ3v) is 6.48. The molecule has 0 fully saturated rings. The van der Waals surface area contributed by atoms with E-state index in [0.717, 1.165) is 21.5 Å². The molecule has 2 aromatic carbocycles. The molecule has 6 nitrogen and oxygen atoms in total. The largest absolute Gasteiger partial charge is 0.435 e. The Balaban J connectivity index is 1.51. The lowest BCUT2D eigenvalue weighted by molar-refractivity contribution is -0.142. The zero-order chi connectivity index (χ0) is 29.5. The summed E-state index contributed by atoms with van der Waals surface area (Å²) in [4.78, 5) is 9.17. The number of para-hydroxylation sites is 2. The molecule has 210 valence electrons. The lowest BCUT2D eigenvalue weighted by Gasteiger charge is -2.16. The van der Waals surface area contributed by atoms with Crippen LogP contribution >= 0.6 is 0 Å². The Morgan fingerprint density at radius 1 is 0.452 bits per heavy atom. The van der Waals surface area contributed by atoms with Crippen molar-refractivity contribution < 1.29 is 26.3 Å². The summed E-state index contributed by atoms with van der Waals surface area (Å²) in [6, 6.07) is 22.3. The van der Waals surface area contributed by atoms with Crippen molar-refractivity contribution in [3.05, 3.63) is 121 Å². The molecular formula is C30H18F6N6. The number of benzene rings is 2.